The fraction of sp³-hybridized carbons (Fsp3) is 0.333. The fourth-order valence-electron chi connectivity index (χ4n) is 3.82. The minimum atomic E-state index is -3.70. The molecule has 0 saturated heterocycles. The van der Waals surface area contributed by atoms with Crippen molar-refractivity contribution in [1.29, 1.82) is 0 Å². The molecule has 1 heterocycles. The molecule has 0 amide bonds. The van der Waals surface area contributed by atoms with Crippen LogP contribution < -0.4 is 15.2 Å². The molecule has 1 saturated carbocycles. The molecule has 26 heavy (non-hydrogen) atoms. The van der Waals surface area contributed by atoms with Crippen molar-refractivity contribution in [2.45, 2.75) is 16.1 Å². The fourth-order valence-corrected chi connectivity index (χ4v) is 6.40. The number of hydrogen-bond donors (Lipinski definition) is 2. The second-order valence-electron chi connectivity index (χ2n) is 6.61. The predicted octanol–water partition coefficient (Wildman–Crippen LogP) is 1.95. The summed E-state index contributed by atoms with van der Waals surface area (Å²) in [5.74, 6) is 0.766. The highest BCUT2D eigenvalue weighted by Gasteiger charge is 2.70. The summed E-state index contributed by atoms with van der Waals surface area (Å²) < 4.78 is 37.1. The average Bonchev–Trinajstić information content (AvgIpc) is 3.12. The van der Waals surface area contributed by atoms with Gasteiger partial charge in [-0.3, -0.25) is 0 Å². The van der Waals surface area contributed by atoms with E-state index in [0.29, 0.717) is 16.5 Å². The van der Waals surface area contributed by atoms with Crippen LogP contribution in [0.4, 0.5) is 0 Å². The van der Waals surface area contributed by atoms with Crippen LogP contribution in [-0.2, 0) is 9.84 Å². The Morgan fingerprint density at radius 3 is 2.50 bits per heavy atom. The molecule has 1 aliphatic carbocycles. The number of aliphatic hydroxyl groups excluding tert-OH is 1. The summed E-state index contributed by atoms with van der Waals surface area (Å²) in [6, 6.07) is 11.3. The number of sulfone groups is 1. The lowest BCUT2D eigenvalue weighted by Gasteiger charge is -2.12. The van der Waals surface area contributed by atoms with Crippen molar-refractivity contribution in [2.24, 2.45) is 11.1 Å². The van der Waals surface area contributed by atoms with E-state index in [1.54, 1.807) is 18.2 Å². The van der Waals surface area contributed by atoms with Crippen LogP contribution in [0.15, 0.2) is 47.4 Å². The zero-order valence-corrected chi connectivity index (χ0v) is 15.3. The Morgan fingerprint density at radius 1 is 1.15 bits per heavy atom. The summed E-state index contributed by atoms with van der Waals surface area (Å²) in [4.78, 5) is 0.168. The number of rotatable bonds is 5. The standard InChI is InChI=1S/C18H18ClNO5S/c19-12-2-4-13(5-3-12)26(22,23)17-16(18(17,8-20)9-21)11-1-6-14-15(7-11)25-10-24-14/h1-7,16-17,21H,8-10,20H2/t16-,17+,18-/m0/s1. The van der Waals surface area contributed by atoms with Gasteiger partial charge in [-0.2, -0.15) is 0 Å². The van der Waals surface area contributed by atoms with Crippen molar-refractivity contribution in [1.82, 2.24) is 0 Å². The second-order valence-corrected chi connectivity index (χ2v) is 9.11. The van der Waals surface area contributed by atoms with E-state index in [0.717, 1.165) is 5.56 Å². The molecule has 3 atom stereocenters. The smallest absolute Gasteiger partial charge is 0.231 e. The highest BCUT2D eigenvalue weighted by Crippen LogP contribution is 2.63. The van der Waals surface area contributed by atoms with Crippen LogP contribution in [0.25, 0.3) is 0 Å². The molecule has 138 valence electrons. The monoisotopic (exact) mass is 395 g/mol. The van der Waals surface area contributed by atoms with Crippen LogP contribution in [0.1, 0.15) is 11.5 Å². The number of hydrogen-bond acceptors (Lipinski definition) is 6. The average molecular weight is 396 g/mol. The van der Waals surface area contributed by atoms with E-state index in [-0.39, 0.29) is 24.8 Å². The molecule has 0 unspecified atom stereocenters. The Hall–Kier alpha value is -1.80. The Labute approximate surface area is 156 Å². The summed E-state index contributed by atoms with van der Waals surface area (Å²) >= 11 is 5.87. The van der Waals surface area contributed by atoms with Gasteiger partial charge in [0, 0.05) is 22.9 Å². The first-order valence-electron chi connectivity index (χ1n) is 8.14. The largest absolute Gasteiger partial charge is 0.454 e. The first-order chi connectivity index (χ1) is 12.4. The first kappa shape index (κ1) is 17.6. The van der Waals surface area contributed by atoms with Gasteiger partial charge in [0.2, 0.25) is 6.79 Å². The molecule has 0 spiro atoms. The van der Waals surface area contributed by atoms with Crippen LogP contribution in [0.3, 0.4) is 0 Å². The molecule has 2 aromatic rings. The molecule has 0 bridgehead atoms. The van der Waals surface area contributed by atoms with Crippen LogP contribution in [0.2, 0.25) is 5.02 Å². The molecule has 1 aliphatic heterocycles. The van der Waals surface area contributed by atoms with Crippen molar-refractivity contribution in [3.63, 3.8) is 0 Å². The third-order valence-corrected chi connectivity index (χ3v) is 7.88. The van der Waals surface area contributed by atoms with Gasteiger partial charge in [-0.05, 0) is 42.0 Å². The summed E-state index contributed by atoms with van der Waals surface area (Å²) in [6.45, 7) is -0.127. The van der Waals surface area contributed by atoms with Crippen molar-refractivity contribution in [3.8, 4) is 11.5 Å². The Balaban J connectivity index is 1.76. The minimum Gasteiger partial charge on any atom is -0.454 e. The van der Waals surface area contributed by atoms with E-state index in [1.165, 1.54) is 24.3 Å². The molecule has 3 N–H and O–H groups in total. The maximum absolute atomic E-state index is 13.2. The van der Waals surface area contributed by atoms with E-state index < -0.39 is 26.4 Å². The predicted molar refractivity (Wildman–Crippen MR) is 96.3 cm³/mol. The van der Waals surface area contributed by atoms with Gasteiger partial charge < -0.3 is 20.3 Å². The lowest BCUT2D eigenvalue weighted by atomic mass is 10.00. The Morgan fingerprint density at radius 2 is 1.85 bits per heavy atom. The zero-order chi connectivity index (χ0) is 18.5. The number of benzene rings is 2. The molecule has 8 heteroatoms. The van der Waals surface area contributed by atoms with Crippen LogP contribution in [-0.4, -0.2) is 38.7 Å². The summed E-state index contributed by atoms with van der Waals surface area (Å²) in [6.07, 6.45) is 0. The number of ether oxygens (including phenoxy) is 2. The van der Waals surface area contributed by atoms with Gasteiger partial charge in [0.1, 0.15) is 0 Å². The van der Waals surface area contributed by atoms with Gasteiger partial charge in [0.15, 0.2) is 21.3 Å². The van der Waals surface area contributed by atoms with Gasteiger partial charge in [-0.15, -0.1) is 0 Å². The normalized spacial score (nSPS) is 26.7. The van der Waals surface area contributed by atoms with Crippen LogP contribution >= 0.6 is 11.6 Å². The third kappa shape index (κ3) is 2.50. The maximum Gasteiger partial charge on any atom is 0.231 e. The van der Waals surface area contributed by atoms with E-state index in [9.17, 15) is 13.5 Å². The summed E-state index contributed by atoms with van der Waals surface area (Å²) in [7, 11) is -3.70. The van der Waals surface area contributed by atoms with Crippen molar-refractivity contribution in [2.75, 3.05) is 19.9 Å². The topological polar surface area (TPSA) is 98.9 Å². The van der Waals surface area contributed by atoms with Crippen LogP contribution in [0.5, 0.6) is 11.5 Å². The van der Waals surface area contributed by atoms with Gasteiger partial charge in [0.05, 0.1) is 16.8 Å². The molecule has 2 aliphatic rings. The maximum atomic E-state index is 13.2. The zero-order valence-electron chi connectivity index (χ0n) is 13.8. The Kier molecular flexibility index (Phi) is 4.15. The molecule has 2 aromatic carbocycles. The van der Waals surface area contributed by atoms with Crippen molar-refractivity contribution in [3.05, 3.63) is 53.1 Å². The van der Waals surface area contributed by atoms with E-state index >= 15 is 0 Å². The number of halogens is 1. The molecular formula is C18H18ClNO5S. The quantitative estimate of drug-likeness (QED) is 0.802. The van der Waals surface area contributed by atoms with Crippen LogP contribution in [0, 0.1) is 5.41 Å². The molecular weight excluding hydrogens is 378 g/mol. The lowest BCUT2D eigenvalue weighted by Crippen LogP contribution is -2.27. The second kappa shape index (κ2) is 6.13. The Bertz CT molecular complexity index is 941. The summed E-state index contributed by atoms with van der Waals surface area (Å²) in [5.41, 5.74) is 5.74. The van der Waals surface area contributed by atoms with Gasteiger partial charge in [-0.1, -0.05) is 17.7 Å². The van der Waals surface area contributed by atoms with Crippen molar-refractivity contribution >= 4 is 21.4 Å². The molecule has 0 aromatic heterocycles. The van der Waals surface area contributed by atoms with Gasteiger partial charge in [-0.25, -0.2) is 8.42 Å². The minimum absolute atomic E-state index is 0.0556. The number of aliphatic hydroxyl groups is 1. The van der Waals surface area contributed by atoms with E-state index in [4.69, 9.17) is 26.8 Å². The van der Waals surface area contributed by atoms with Gasteiger partial charge >= 0.3 is 0 Å². The highest BCUT2D eigenvalue weighted by atomic mass is 35.5. The number of fused-ring (bicyclic) bond motifs is 1. The molecule has 4 rings (SSSR count). The van der Waals surface area contributed by atoms with Crippen molar-refractivity contribution < 1.29 is 23.0 Å². The van der Waals surface area contributed by atoms with E-state index in [1.807, 2.05) is 0 Å². The number of nitrogens with two attached hydrogens (primary N) is 1. The molecule has 0 radical (unpaired) electrons. The lowest BCUT2D eigenvalue weighted by molar-refractivity contribution is 0.174. The highest BCUT2D eigenvalue weighted by molar-refractivity contribution is 7.92. The first-order valence-corrected chi connectivity index (χ1v) is 10.1. The third-order valence-electron chi connectivity index (χ3n) is 5.29. The SMILES string of the molecule is NC[C@@]1(CO)[C@H](S(=O)(=O)c2ccc(Cl)cc2)[C@@H]1c1ccc2c(c1)OCO2. The molecule has 1 fully saturated rings. The molecule has 6 nitrogen and oxygen atoms in total. The van der Waals surface area contributed by atoms with E-state index in [2.05, 4.69) is 0 Å². The van der Waals surface area contributed by atoms with Gasteiger partial charge in [0.25, 0.3) is 0 Å². The summed E-state index contributed by atoms with van der Waals surface area (Å²) in [5, 5.41) is 9.63.